The molecule has 0 spiro atoms. The SMILES string of the molecule is CCc1c(C(C#N)=CC(=O)O)cc(C(C)(C)C)c(O)c1C(C)(C)C. The Kier molecular flexibility index (Phi) is 5.50. The van der Waals surface area contributed by atoms with Gasteiger partial charge in [-0.2, -0.15) is 5.26 Å². The van der Waals surface area contributed by atoms with Crippen molar-refractivity contribution < 1.29 is 15.0 Å². The summed E-state index contributed by atoms with van der Waals surface area (Å²) in [5, 5.41) is 29.5. The zero-order valence-corrected chi connectivity index (χ0v) is 15.6. The molecule has 0 saturated heterocycles. The number of carbonyl (C=O) groups is 1. The van der Waals surface area contributed by atoms with Gasteiger partial charge in [0.05, 0.1) is 5.57 Å². The number of rotatable bonds is 3. The minimum absolute atomic E-state index is 0.107. The van der Waals surface area contributed by atoms with E-state index in [1.807, 2.05) is 54.5 Å². The number of benzene rings is 1. The second-order valence-electron chi connectivity index (χ2n) is 8.04. The Balaban J connectivity index is 4.04. The van der Waals surface area contributed by atoms with Crippen molar-refractivity contribution in [2.45, 2.75) is 65.7 Å². The lowest BCUT2D eigenvalue weighted by atomic mass is 9.74. The molecule has 0 fully saturated rings. The molecule has 0 aliphatic carbocycles. The summed E-state index contributed by atoms with van der Waals surface area (Å²) >= 11 is 0. The number of allylic oxidation sites excluding steroid dienone is 1. The maximum Gasteiger partial charge on any atom is 0.329 e. The normalized spacial score (nSPS) is 12.8. The summed E-state index contributed by atoms with van der Waals surface area (Å²) < 4.78 is 0. The summed E-state index contributed by atoms with van der Waals surface area (Å²) in [6.45, 7) is 13.9. The molecule has 0 unspecified atom stereocenters. The first-order valence-corrected chi connectivity index (χ1v) is 8.09. The lowest BCUT2D eigenvalue weighted by Gasteiger charge is -2.31. The van der Waals surface area contributed by atoms with Gasteiger partial charge in [-0.1, -0.05) is 48.5 Å². The first-order valence-electron chi connectivity index (χ1n) is 8.09. The van der Waals surface area contributed by atoms with E-state index in [0.717, 1.165) is 17.2 Å². The van der Waals surface area contributed by atoms with E-state index < -0.39 is 5.97 Å². The van der Waals surface area contributed by atoms with Crippen molar-refractivity contribution in [2.24, 2.45) is 0 Å². The average Bonchev–Trinajstić information content (AvgIpc) is 2.41. The Hall–Kier alpha value is -2.28. The Morgan fingerprint density at radius 1 is 1.21 bits per heavy atom. The second kappa shape index (κ2) is 6.68. The molecule has 0 atom stereocenters. The number of aliphatic carboxylic acids is 1. The first-order chi connectivity index (χ1) is 10.8. The standard InChI is InChI=1S/C20H27NO3/c1-8-13-14(12(11-21)9-16(22)23)10-15(19(2,3)4)18(24)17(13)20(5,6)7/h9-10,24H,8H2,1-7H3,(H,22,23). The fourth-order valence-electron chi connectivity index (χ4n) is 2.99. The average molecular weight is 329 g/mol. The smallest absolute Gasteiger partial charge is 0.329 e. The summed E-state index contributed by atoms with van der Waals surface area (Å²) in [7, 11) is 0. The highest BCUT2D eigenvalue weighted by molar-refractivity contribution is 5.95. The van der Waals surface area contributed by atoms with Gasteiger partial charge in [0.25, 0.3) is 0 Å². The maximum atomic E-state index is 11.1. The monoisotopic (exact) mass is 329 g/mol. The van der Waals surface area contributed by atoms with E-state index in [1.54, 1.807) is 6.07 Å². The van der Waals surface area contributed by atoms with Crippen LogP contribution in [0.3, 0.4) is 0 Å². The van der Waals surface area contributed by atoms with Crippen molar-refractivity contribution in [1.82, 2.24) is 0 Å². The molecule has 1 aromatic rings. The molecule has 0 radical (unpaired) electrons. The Morgan fingerprint density at radius 3 is 2.08 bits per heavy atom. The molecule has 0 saturated carbocycles. The fourth-order valence-corrected chi connectivity index (χ4v) is 2.99. The highest BCUT2D eigenvalue weighted by Crippen LogP contribution is 2.44. The van der Waals surface area contributed by atoms with Gasteiger partial charge in [0.15, 0.2) is 0 Å². The van der Waals surface area contributed by atoms with Crippen LogP contribution >= 0.6 is 0 Å². The predicted octanol–water partition coefficient (Wildman–Crippen LogP) is 4.54. The van der Waals surface area contributed by atoms with Crippen molar-refractivity contribution in [1.29, 1.82) is 5.26 Å². The van der Waals surface area contributed by atoms with Crippen LogP contribution in [0.5, 0.6) is 5.75 Å². The number of hydrogen-bond acceptors (Lipinski definition) is 3. The molecule has 1 aromatic carbocycles. The van der Waals surface area contributed by atoms with Crippen molar-refractivity contribution >= 4 is 11.5 Å². The van der Waals surface area contributed by atoms with E-state index in [4.69, 9.17) is 5.11 Å². The van der Waals surface area contributed by atoms with Crippen LogP contribution in [0.1, 0.15) is 70.7 Å². The number of carboxylic acid groups (broad SMARTS) is 1. The Morgan fingerprint density at radius 2 is 1.75 bits per heavy atom. The molecule has 24 heavy (non-hydrogen) atoms. The quantitative estimate of drug-likeness (QED) is 0.630. The van der Waals surface area contributed by atoms with Crippen LogP contribution in [0.15, 0.2) is 12.1 Å². The van der Waals surface area contributed by atoms with E-state index in [1.165, 1.54) is 0 Å². The number of hydrogen-bond donors (Lipinski definition) is 2. The fraction of sp³-hybridized carbons (Fsp3) is 0.500. The van der Waals surface area contributed by atoms with Crippen LogP contribution in [0.25, 0.3) is 5.57 Å². The molecule has 0 aromatic heterocycles. The number of aromatic hydroxyl groups is 1. The predicted molar refractivity (Wildman–Crippen MR) is 96.1 cm³/mol. The summed E-state index contributed by atoms with van der Waals surface area (Å²) in [6.07, 6.45) is 1.53. The number of carboxylic acids is 1. The summed E-state index contributed by atoms with van der Waals surface area (Å²) in [4.78, 5) is 11.1. The minimum Gasteiger partial charge on any atom is -0.507 e. The van der Waals surface area contributed by atoms with Gasteiger partial charge >= 0.3 is 5.97 Å². The maximum absolute atomic E-state index is 11.1. The Labute approximate surface area is 144 Å². The highest BCUT2D eigenvalue weighted by Gasteiger charge is 2.30. The van der Waals surface area contributed by atoms with Crippen LogP contribution in [0, 0.1) is 11.3 Å². The van der Waals surface area contributed by atoms with Gasteiger partial charge in [0.2, 0.25) is 0 Å². The van der Waals surface area contributed by atoms with Gasteiger partial charge < -0.3 is 10.2 Å². The van der Waals surface area contributed by atoms with E-state index in [9.17, 15) is 15.2 Å². The molecule has 0 aliphatic heterocycles. The zero-order chi connectivity index (χ0) is 18.9. The van der Waals surface area contributed by atoms with Gasteiger partial charge in [0, 0.05) is 17.2 Å². The third-order valence-electron chi connectivity index (χ3n) is 4.00. The van der Waals surface area contributed by atoms with E-state index in [0.29, 0.717) is 17.5 Å². The van der Waals surface area contributed by atoms with Crippen LogP contribution < -0.4 is 0 Å². The van der Waals surface area contributed by atoms with Gasteiger partial charge in [-0.05, 0) is 34.4 Å². The molecule has 130 valence electrons. The number of nitrogens with zero attached hydrogens (tertiary/aromatic N) is 1. The van der Waals surface area contributed by atoms with Crippen molar-refractivity contribution in [3.05, 3.63) is 34.4 Å². The number of nitriles is 1. The zero-order valence-electron chi connectivity index (χ0n) is 15.6. The largest absolute Gasteiger partial charge is 0.507 e. The van der Waals surface area contributed by atoms with Crippen molar-refractivity contribution in [3.8, 4) is 11.8 Å². The van der Waals surface area contributed by atoms with Gasteiger partial charge in [-0.3, -0.25) is 0 Å². The van der Waals surface area contributed by atoms with E-state index >= 15 is 0 Å². The summed E-state index contributed by atoms with van der Waals surface area (Å²) in [5.41, 5.74) is 2.34. The molecule has 0 amide bonds. The third-order valence-corrected chi connectivity index (χ3v) is 4.00. The molecule has 0 bridgehead atoms. The molecular formula is C20H27NO3. The lowest BCUT2D eigenvalue weighted by Crippen LogP contribution is -2.20. The lowest BCUT2D eigenvalue weighted by molar-refractivity contribution is -0.131. The topological polar surface area (TPSA) is 81.3 Å². The van der Waals surface area contributed by atoms with Gasteiger partial charge in [-0.25, -0.2) is 4.79 Å². The van der Waals surface area contributed by atoms with Crippen LogP contribution in [0.2, 0.25) is 0 Å². The van der Waals surface area contributed by atoms with E-state index in [2.05, 4.69) is 0 Å². The Bertz CT molecular complexity index is 723. The number of phenols is 1. The van der Waals surface area contributed by atoms with Crippen molar-refractivity contribution in [3.63, 3.8) is 0 Å². The minimum atomic E-state index is -1.16. The molecule has 0 heterocycles. The van der Waals surface area contributed by atoms with E-state index in [-0.39, 0.29) is 22.2 Å². The molecule has 1 rings (SSSR count). The highest BCUT2D eigenvalue weighted by atomic mass is 16.4. The molecular weight excluding hydrogens is 302 g/mol. The van der Waals surface area contributed by atoms with Gasteiger partial charge in [-0.15, -0.1) is 0 Å². The van der Waals surface area contributed by atoms with Crippen molar-refractivity contribution in [2.75, 3.05) is 0 Å². The van der Waals surface area contributed by atoms with Gasteiger partial charge in [0.1, 0.15) is 11.8 Å². The molecule has 2 N–H and O–H groups in total. The summed E-state index contributed by atoms with van der Waals surface area (Å²) in [6, 6.07) is 3.77. The molecule has 4 nitrogen and oxygen atoms in total. The first kappa shape index (κ1) is 19.8. The second-order valence-corrected chi connectivity index (χ2v) is 8.04. The van der Waals surface area contributed by atoms with Crippen LogP contribution in [-0.4, -0.2) is 16.2 Å². The third kappa shape index (κ3) is 3.97. The van der Waals surface area contributed by atoms with Crippen LogP contribution in [-0.2, 0) is 22.0 Å². The molecule has 4 heteroatoms. The van der Waals surface area contributed by atoms with Crippen LogP contribution in [0.4, 0.5) is 0 Å². The summed E-state index contributed by atoms with van der Waals surface area (Å²) in [5.74, 6) is -0.917. The molecule has 0 aliphatic rings. The number of phenolic OH excluding ortho intramolecular Hbond substituents is 1.